The van der Waals surface area contributed by atoms with E-state index in [9.17, 15) is 19.5 Å². The molecule has 1 heterocycles. The molecule has 0 bridgehead atoms. The average molecular weight is 378 g/mol. The van der Waals surface area contributed by atoms with E-state index in [0.29, 0.717) is 5.56 Å². The van der Waals surface area contributed by atoms with Crippen LogP contribution in [0.1, 0.15) is 45.5 Å². The van der Waals surface area contributed by atoms with Crippen LogP contribution in [-0.4, -0.2) is 35.0 Å². The summed E-state index contributed by atoms with van der Waals surface area (Å²) in [5, 5.41) is 10.9. The Balaban J connectivity index is 1.90. The molecule has 6 nitrogen and oxygen atoms in total. The van der Waals surface area contributed by atoms with E-state index in [1.54, 1.807) is 49.4 Å². The molecule has 1 unspecified atom stereocenters. The second-order valence-corrected chi connectivity index (χ2v) is 6.72. The van der Waals surface area contributed by atoms with Crippen molar-refractivity contribution in [2.75, 3.05) is 6.61 Å². The molecular weight excluding hydrogens is 360 g/mol. The van der Waals surface area contributed by atoms with Crippen LogP contribution in [-0.2, 0) is 14.3 Å². The van der Waals surface area contributed by atoms with Crippen LogP contribution in [0.5, 0.6) is 0 Å². The van der Waals surface area contributed by atoms with Gasteiger partial charge in [0.25, 0.3) is 0 Å². The highest BCUT2D eigenvalue weighted by atomic mass is 16.7. The molecule has 2 atom stereocenters. The van der Waals surface area contributed by atoms with Gasteiger partial charge in [-0.05, 0) is 12.5 Å². The lowest BCUT2D eigenvalue weighted by Gasteiger charge is -2.39. The molecule has 2 aliphatic rings. The van der Waals surface area contributed by atoms with Crippen molar-refractivity contribution in [2.45, 2.75) is 25.0 Å². The molecule has 0 radical (unpaired) electrons. The van der Waals surface area contributed by atoms with Crippen LogP contribution in [0.4, 0.5) is 0 Å². The quantitative estimate of drug-likeness (QED) is 0.826. The Hall–Kier alpha value is -3.25. The topological polar surface area (TPSA) is 89.9 Å². The van der Waals surface area contributed by atoms with Crippen molar-refractivity contribution in [1.82, 2.24) is 0 Å². The van der Waals surface area contributed by atoms with Gasteiger partial charge < -0.3 is 14.6 Å². The SMILES string of the molecule is CCOC(=O)C1(O)C[C@H](c2ccccc2)C2=C(O1)C(=O)c1ccccc1C2=O. The number of fused-ring (bicyclic) bond motifs is 1. The average Bonchev–Trinajstić information content (AvgIpc) is 2.72. The molecule has 2 aromatic carbocycles. The number of carbonyl (C=O) groups is 3. The number of carbonyl (C=O) groups excluding carboxylic acids is 3. The van der Waals surface area contributed by atoms with Crippen molar-refractivity contribution in [3.05, 3.63) is 82.6 Å². The van der Waals surface area contributed by atoms with Crippen molar-refractivity contribution >= 4 is 17.5 Å². The highest BCUT2D eigenvalue weighted by Crippen LogP contribution is 2.45. The highest BCUT2D eigenvalue weighted by Gasteiger charge is 2.53. The third kappa shape index (κ3) is 2.73. The monoisotopic (exact) mass is 378 g/mol. The number of benzene rings is 2. The number of ether oxygens (including phenoxy) is 2. The minimum absolute atomic E-state index is 0.0438. The van der Waals surface area contributed by atoms with Crippen LogP contribution < -0.4 is 0 Å². The van der Waals surface area contributed by atoms with E-state index in [4.69, 9.17) is 9.47 Å². The normalized spacial score (nSPS) is 23.6. The zero-order valence-electron chi connectivity index (χ0n) is 15.2. The maximum absolute atomic E-state index is 13.2. The lowest BCUT2D eigenvalue weighted by Crippen LogP contribution is -2.49. The molecule has 1 aliphatic heterocycles. The molecule has 0 fully saturated rings. The molecule has 4 rings (SSSR count). The fraction of sp³-hybridized carbons (Fsp3) is 0.227. The number of ketones is 2. The van der Waals surface area contributed by atoms with Gasteiger partial charge in [-0.1, -0.05) is 54.6 Å². The number of hydrogen-bond donors (Lipinski definition) is 1. The van der Waals surface area contributed by atoms with Crippen molar-refractivity contribution in [3.8, 4) is 0 Å². The molecule has 6 heteroatoms. The second-order valence-electron chi connectivity index (χ2n) is 6.72. The van der Waals surface area contributed by atoms with Crippen molar-refractivity contribution in [1.29, 1.82) is 0 Å². The first-order chi connectivity index (χ1) is 13.5. The van der Waals surface area contributed by atoms with E-state index in [2.05, 4.69) is 0 Å². The number of rotatable bonds is 3. The summed E-state index contributed by atoms with van der Waals surface area (Å²) in [4.78, 5) is 38.6. The third-order valence-electron chi connectivity index (χ3n) is 5.01. The van der Waals surface area contributed by atoms with Gasteiger partial charge in [-0.15, -0.1) is 0 Å². The Morgan fingerprint density at radius 1 is 1.07 bits per heavy atom. The Bertz CT molecular complexity index is 1010. The van der Waals surface area contributed by atoms with Gasteiger partial charge in [0.1, 0.15) is 0 Å². The van der Waals surface area contributed by atoms with Gasteiger partial charge >= 0.3 is 11.8 Å². The van der Waals surface area contributed by atoms with Crippen LogP contribution in [0.15, 0.2) is 65.9 Å². The van der Waals surface area contributed by atoms with Gasteiger partial charge in [0.2, 0.25) is 5.78 Å². The van der Waals surface area contributed by atoms with E-state index in [-0.39, 0.29) is 41.3 Å². The summed E-state index contributed by atoms with van der Waals surface area (Å²) in [5.74, 6) is -5.19. The van der Waals surface area contributed by atoms with Crippen LogP contribution in [0, 0.1) is 0 Å². The number of allylic oxidation sites excluding steroid dienone is 2. The smallest absolute Gasteiger partial charge is 0.379 e. The summed E-state index contributed by atoms with van der Waals surface area (Å²) in [6.45, 7) is 1.65. The van der Waals surface area contributed by atoms with Gasteiger partial charge in [-0.25, -0.2) is 4.79 Å². The van der Waals surface area contributed by atoms with Gasteiger partial charge in [-0.2, -0.15) is 0 Å². The predicted octanol–water partition coefficient (Wildman–Crippen LogP) is 2.78. The Morgan fingerprint density at radius 2 is 1.68 bits per heavy atom. The number of aliphatic hydroxyl groups is 1. The molecule has 28 heavy (non-hydrogen) atoms. The Morgan fingerprint density at radius 3 is 2.32 bits per heavy atom. The lowest BCUT2D eigenvalue weighted by molar-refractivity contribution is -0.220. The van der Waals surface area contributed by atoms with E-state index < -0.39 is 23.5 Å². The maximum Gasteiger partial charge on any atom is 0.379 e. The minimum atomic E-state index is -2.35. The number of esters is 1. The third-order valence-corrected chi connectivity index (χ3v) is 5.01. The summed E-state index contributed by atoms with van der Waals surface area (Å²) < 4.78 is 10.4. The van der Waals surface area contributed by atoms with Crippen molar-refractivity contribution < 1.29 is 29.0 Å². The van der Waals surface area contributed by atoms with E-state index >= 15 is 0 Å². The predicted molar refractivity (Wildman–Crippen MR) is 98.6 cm³/mol. The zero-order chi connectivity index (χ0) is 19.9. The Kier molecular flexibility index (Phi) is 4.35. The van der Waals surface area contributed by atoms with Crippen molar-refractivity contribution in [2.24, 2.45) is 0 Å². The van der Waals surface area contributed by atoms with Gasteiger partial charge in [0.05, 0.1) is 12.2 Å². The van der Waals surface area contributed by atoms with E-state index in [0.717, 1.165) is 0 Å². The fourth-order valence-corrected chi connectivity index (χ4v) is 3.72. The van der Waals surface area contributed by atoms with Crippen LogP contribution in [0.25, 0.3) is 0 Å². The first-order valence-electron chi connectivity index (χ1n) is 9.02. The van der Waals surface area contributed by atoms with Crippen LogP contribution in [0.3, 0.4) is 0 Å². The molecule has 2 aromatic rings. The molecular formula is C22H18O6. The summed E-state index contributed by atoms with van der Waals surface area (Å²) in [5.41, 5.74) is 1.33. The number of hydrogen-bond acceptors (Lipinski definition) is 6. The maximum atomic E-state index is 13.2. The molecule has 0 saturated heterocycles. The first-order valence-corrected chi connectivity index (χ1v) is 9.02. The lowest BCUT2D eigenvalue weighted by atomic mass is 9.75. The van der Waals surface area contributed by atoms with Crippen molar-refractivity contribution in [3.63, 3.8) is 0 Å². The summed E-state index contributed by atoms with van der Waals surface area (Å²) in [7, 11) is 0. The molecule has 142 valence electrons. The van der Waals surface area contributed by atoms with Gasteiger partial charge in [-0.3, -0.25) is 9.59 Å². The summed E-state index contributed by atoms with van der Waals surface area (Å²) in [6.07, 6.45) is -0.226. The van der Waals surface area contributed by atoms with E-state index in [1.165, 1.54) is 6.07 Å². The minimum Gasteiger partial charge on any atom is -0.461 e. The first kappa shape index (κ1) is 18.1. The van der Waals surface area contributed by atoms with Gasteiger partial charge in [0.15, 0.2) is 11.5 Å². The molecule has 0 spiro atoms. The largest absolute Gasteiger partial charge is 0.461 e. The fourth-order valence-electron chi connectivity index (χ4n) is 3.72. The second kappa shape index (κ2) is 6.73. The molecule has 0 amide bonds. The zero-order valence-corrected chi connectivity index (χ0v) is 15.2. The standard InChI is InChI=1S/C22H18O6/c1-2-27-21(25)22(26)12-16(13-8-4-3-5-9-13)17-18(23)14-10-6-7-11-15(14)19(24)20(17)28-22/h3-11,16,26H,2,12H2,1H3/t16-,22?/m1/s1. The molecule has 0 aromatic heterocycles. The Labute approximate surface area is 161 Å². The van der Waals surface area contributed by atoms with Crippen LogP contribution in [0.2, 0.25) is 0 Å². The molecule has 1 aliphatic carbocycles. The highest BCUT2D eigenvalue weighted by molar-refractivity contribution is 6.27. The summed E-state index contributed by atoms with van der Waals surface area (Å²) >= 11 is 0. The summed E-state index contributed by atoms with van der Waals surface area (Å²) in [6, 6.07) is 15.4. The molecule has 0 saturated carbocycles. The van der Waals surface area contributed by atoms with Gasteiger partial charge in [0, 0.05) is 23.5 Å². The number of Topliss-reactive ketones (excluding diaryl/α,β-unsaturated/α-hetero) is 2. The molecule has 1 N–H and O–H groups in total. The van der Waals surface area contributed by atoms with Crippen LogP contribution >= 0.6 is 0 Å². The van der Waals surface area contributed by atoms with E-state index in [1.807, 2.05) is 6.07 Å².